The van der Waals surface area contributed by atoms with E-state index in [4.69, 9.17) is 9.47 Å². The van der Waals surface area contributed by atoms with Gasteiger partial charge in [0.2, 0.25) is 0 Å². The van der Waals surface area contributed by atoms with Crippen LogP contribution in [0.2, 0.25) is 0 Å². The van der Waals surface area contributed by atoms with Crippen LogP contribution in [0.5, 0.6) is 0 Å². The van der Waals surface area contributed by atoms with E-state index in [1.165, 1.54) is 5.70 Å². The van der Waals surface area contributed by atoms with Gasteiger partial charge in [0.25, 0.3) is 0 Å². The molecular weight excluding hydrogens is 452 g/mol. The Morgan fingerprint density at radius 1 is 1.00 bits per heavy atom. The molecule has 0 bridgehead atoms. The highest BCUT2D eigenvalue weighted by molar-refractivity contribution is 5.97. The summed E-state index contributed by atoms with van der Waals surface area (Å²) >= 11 is 0. The Hall–Kier alpha value is -3.64. The minimum absolute atomic E-state index is 0.0825. The smallest absolute Gasteiger partial charge is 0.410 e. The molecule has 2 aliphatic heterocycles. The Morgan fingerprint density at radius 3 is 2.33 bits per heavy atom. The van der Waals surface area contributed by atoms with Crippen LogP contribution in [0.1, 0.15) is 30.4 Å². The van der Waals surface area contributed by atoms with Gasteiger partial charge in [-0.1, -0.05) is 60.7 Å². The van der Waals surface area contributed by atoms with Crippen LogP contribution in [0, 0.1) is 5.92 Å². The van der Waals surface area contributed by atoms with Crippen molar-refractivity contribution in [3.63, 3.8) is 0 Å². The zero-order chi connectivity index (χ0) is 25.1. The molecule has 186 valence electrons. The number of rotatable bonds is 5. The predicted molar refractivity (Wildman–Crippen MR) is 139 cm³/mol. The Kier molecular flexibility index (Phi) is 7.05. The summed E-state index contributed by atoms with van der Waals surface area (Å²) in [6.07, 6.45) is 5.34. The molecule has 2 heterocycles. The van der Waals surface area contributed by atoms with Crippen LogP contribution < -0.4 is 0 Å². The molecule has 1 aliphatic carbocycles. The molecule has 6 nitrogen and oxygen atoms in total. The second-order valence-corrected chi connectivity index (χ2v) is 9.57. The summed E-state index contributed by atoms with van der Waals surface area (Å²) in [6, 6.07) is 20.1. The Labute approximate surface area is 212 Å². The van der Waals surface area contributed by atoms with Crippen molar-refractivity contribution in [1.82, 2.24) is 9.80 Å². The van der Waals surface area contributed by atoms with Crippen molar-refractivity contribution in [2.45, 2.75) is 32.0 Å². The summed E-state index contributed by atoms with van der Waals surface area (Å²) in [7, 11) is 3.65. The maximum absolute atomic E-state index is 12.7. The number of Topliss-reactive ketones (excluding diaryl/α,β-unsaturated/α-hetero) is 1. The highest BCUT2D eigenvalue weighted by Crippen LogP contribution is 2.44. The van der Waals surface area contributed by atoms with Gasteiger partial charge in [-0.25, -0.2) is 4.79 Å². The molecule has 2 aromatic carbocycles. The van der Waals surface area contributed by atoms with Crippen LogP contribution in [0.15, 0.2) is 89.8 Å². The number of benzene rings is 2. The lowest BCUT2D eigenvalue weighted by Crippen LogP contribution is -2.41. The van der Waals surface area contributed by atoms with E-state index in [1.54, 1.807) is 7.11 Å². The van der Waals surface area contributed by atoms with Crippen molar-refractivity contribution in [2.24, 2.45) is 5.92 Å². The molecule has 0 saturated carbocycles. The maximum atomic E-state index is 12.7. The molecule has 0 aromatic heterocycles. The van der Waals surface area contributed by atoms with Gasteiger partial charge in [-0.2, -0.15) is 0 Å². The standard InChI is InChI=1S/C30H32N2O4/c1-31-19-24-17-26(33)27(35-2)18-25(24)28(22-11-7-4-8-12-22)29(31)23-13-15-32(16-14-23)30(34)36-20-21-9-5-3-6-10-21/h3-12,18-19,23,27H,13-17,20H2,1-2H3. The SMILES string of the molecule is COC1C=C2C(=CN(C)C(C3CCN(C(=O)OCc4ccccc4)CC3)=C2c2ccccc2)CC1=O. The third-order valence-corrected chi connectivity index (χ3v) is 7.26. The van der Waals surface area contributed by atoms with Gasteiger partial charge >= 0.3 is 6.09 Å². The van der Waals surface area contributed by atoms with Crippen molar-refractivity contribution in [2.75, 3.05) is 27.2 Å². The lowest BCUT2D eigenvalue weighted by atomic mass is 9.77. The molecule has 1 atom stereocenters. The highest BCUT2D eigenvalue weighted by Gasteiger charge is 2.36. The van der Waals surface area contributed by atoms with Crippen molar-refractivity contribution >= 4 is 17.4 Å². The second-order valence-electron chi connectivity index (χ2n) is 9.57. The predicted octanol–water partition coefficient (Wildman–Crippen LogP) is 5.19. The Morgan fingerprint density at radius 2 is 1.67 bits per heavy atom. The minimum Gasteiger partial charge on any atom is -0.445 e. The van der Waals surface area contributed by atoms with E-state index >= 15 is 0 Å². The summed E-state index contributed by atoms with van der Waals surface area (Å²) in [4.78, 5) is 29.3. The number of likely N-dealkylation sites (tertiary alicyclic amines) is 1. The van der Waals surface area contributed by atoms with Crippen LogP contribution in [0.25, 0.3) is 5.57 Å². The van der Waals surface area contributed by atoms with E-state index in [-0.39, 0.29) is 24.4 Å². The zero-order valence-corrected chi connectivity index (χ0v) is 20.9. The van der Waals surface area contributed by atoms with E-state index in [0.29, 0.717) is 19.5 Å². The lowest BCUT2D eigenvalue weighted by molar-refractivity contribution is -0.125. The number of methoxy groups -OCH3 is 1. The monoisotopic (exact) mass is 484 g/mol. The number of carbonyl (C=O) groups is 2. The molecule has 1 fully saturated rings. The molecule has 1 amide bonds. The highest BCUT2D eigenvalue weighted by atomic mass is 16.6. The number of amides is 1. The fourth-order valence-corrected chi connectivity index (χ4v) is 5.46. The number of ketones is 1. The first kappa shape index (κ1) is 24.1. The van der Waals surface area contributed by atoms with Gasteiger partial charge in [0.05, 0.1) is 0 Å². The number of hydrogen-bond acceptors (Lipinski definition) is 5. The molecule has 6 heteroatoms. The number of hydrogen-bond donors (Lipinski definition) is 0. The lowest BCUT2D eigenvalue weighted by Gasteiger charge is -2.40. The fourth-order valence-electron chi connectivity index (χ4n) is 5.46. The summed E-state index contributed by atoms with van der Waals surface area (Å²) in [6.45, 7) is 1.58. The van der Waals surface area contributed by atoms with Crippen LogP contribution in [-0.4, -0.2) is 55.0 Å². The number of nitrogens with zero attached hydrogens (tertiary/aromatic N) is 2. The van der Waals surface area contributed by atoms with Crippen molar-refractivity contribution in [3.8, 4) is 0 Å². The Bertz CT molecular complexity index is 1210. The molecule has 2 aromatic rings. The molecule has 1 saturated heterocycles. The van der Waals surface area contributed by atoms with Gasteiger partial charge in [0, 0.05) is 57.1 Å². The normalized spacial score (nSPS) is 20.6. The number of carbonyl (C=O) groups excluding carboxylic acids is 2. The van der Waals surface area contributed by atoms with Gasteiger partial charge in [-0.15, -0.1) is 0 Å². The average Bonchev–Trinajstić information content (AvgIpc) is 2.92. The van der Waals surface area contributed by atoms with E-state index < -0.39 is 6.10 Å². The molecule has 36 heavy (non-hydrogen) atoms. The largest absolute Gasteiger partial charge is 0.445 e. The average molecular weight is 485 g/mol. The molecule has 0 N–H and O–H groups in total. The minimum atomic E-state index is -0.526. The molecule has 3 aliphatic rings. The number of piperidine rings is 1. The quantitative estimate of drug-likeness (QED) is 0.585. The van der Waals surface area contributed by atoms with Crippen LogP contribution >= 0.6 is 0 Å². The summed E-state index contributed by atoms with van der Waals surface area (Å²) in [5.74, 6) is 0.361. The summed E-state index contributed by atoms with van der Waals surface area (Å²) in [5, 5.41) is 0. The van der Waals surface area contributed by atoms with Gasteiger partial charge in [0.1, 0.15) is 12.7 Å². The number of ether oxygens (including phenoxy) is 2. The van der Waals surface area contributed by atoms with Crippen LogP contribution in [0.3, 0.4) is 0 Å². The summed E-state index contributed by atoms with van der Waals surface area (Å²) in [5.41, 5.74) is 6.63. The van der Waals surface area contributed by atoms with Crippen LogP contribution in [-0.2, 0) is 20.9 Å². The molecule has 5 rings (SSSR count). The van der Waals surface area contributed by atoms with E-state index in [1.807, 2.05) is 59.5 Å². The topological polar surface area (TPSA) is 59.1 Å². The van der Waals surface area contributed by atoms with Crippen molar-refractivity contribution in [3.05, 3.63) is 101 Å². The van der Waals surface area contributed by atoms with Crippen molar-refractivity contribution in [1.29, 1.82) is 0 Å². The first-order valence-corrected chi connectivity index (χ1v) is 12.5. The molecule has 0 radical (unpaired) electrons. The molecule has 1 unspecified atom stereocenters. The third-order valence-electron chi connectivity index (χ3n) is 7.26. The summed E-state index contributed by atoms with van der Waals surface area (Å²) < 4.78 is 11.1. The van der Waals surface area contributed by atoms with E-state index in [2.05, 4.69) is 30.3 Å². The second kappa shape index (κ2) is 10.5. The fraction of sp³-hybridized carbons (Fsp3) is 0.333. The van der Waals surface area contributed by atoms with Gasteiger partial charge in [-0.05, 0) is 41.2 Å². The van der Waals surface area contributed by atoms with E-state index in [0.717, 1.165) is 40.7 Å². The molecule has 0 spiro atoms. The van der Waals surface area contributed by atoms with Crippen LogP contribution in [0.4, 0.5) is 4.79 Å². The first-order valence-electron chi connectivity index (χ1n) is 12.5. The van der Waals surface area contributed by atoms with E-state index in [9.17, 15) is 9.59 Å². The zero-order valence-electron chi connectivity index (χ0n) is 20.9. The number of fused-ring (bicyclic) bond motifs is 1. The Balaban J connectivity index is 1.38. The van der Waals surface area contributed by atoms with Crippen molar-refractivity contribution < 1.29 is 19.1 Å². The first-order chi connectivity index (χ1) is 17.5. The molecular formula is C30H32N2O4. The number of allylic oxidation sites excluding steroid dienone is 4. The van der Waals surface area contributed by atoms with Gasteiger partial charge in [-0.3, -0.25) is 4.79 Å². The maximum Gasteiger partial charge on any atom is 0.410 e. The third kappa shape index (κ3) is 4.86. The van der Waals surface area contributed by atoms with Gasteiger partial charge in [0.15, 0.2) is 5.78 Å². The van der Waals surface area contributed by atoms with Gasteiger partial charge < -0.3 is 19.3 Å².